The Kier molecular flexibility index (Phi) is 5.35. The molecule has 0 bridgehead atoms. The molecule has 2 N–H and O–H groups in total. The smallest absolute Gasteiger partial charge is 0.261 e. The maximum absolute atomic E-state index is 13.3. The highest BCUT2D eigenvalue weighted by atomic mass is 32.2. The van der Waals surface area contributed by atoms with E-state index in [9.17, 15) is 17.6 Å². The molecule has 7 heteroatoms. The summed E-state index contributed by atoms with van der Waals surface area (Å²) in [5.41, 5.74) is 0.946. The SMILES string of the molecule is C=CCNC(=O)c1ccc(NS(=O)(=O)c2ccc(F)c(C)c2)cc1. The van der Waals surface area contributed by atoms with E-state index in [0.717, 1.165) is 6.07 Å². The Morgan fingerprint density at radius 3 is 2.46 bits per heavy atom. The number of hydrogen-bond donors (Lipinski definition) is 2. The molecule has 2 aromatic rings. The Hall–Kier alpha value is -2.67. The monoisotopic (exact) mass is 348 g/mol. The molecule has 0 saturated carbocycles. The van der Waals surface area contributed by atoms with Crippen molar-refractivity contribution in [1.82, 2.24) is 5.32 Å². The van der Waals surface area contributed by atoms with Crippen molar-refractivity contribution in [3.05, 3.63) is 72.1 Å². The maximum atomic E-state index is 13.3. The van der Waals surface area contributed by atoms with E-state index in [1.165, 1.54) is 43.3 Å². The first-order valence-electron chi connectivity index (χ1n) is 7.11. The zero-order valence-electron chi connectivity index (χ0n) is 13.0. The van der Waals surface area contributed by atoms with E-state index in [2.05, 4.69) is 16.6 Å². The summed E-state index contributed by atoms with van der Waals surface area (Å²) in [6, 6.07) is 9.54. The van der Waals surface area contributed by atoms with Crippen LogP contribution in [0.2, 0.25) is 0 Å². The summed E-state index contributed by atoms with van der Waals surface area (Å²) in [4.78, 5) is 11.7. The summed E-state index contributed by atoms with van der Waals surface area (Å²) in [7, 11) is -3.83. The summed E-state index contributed by atoms with van der Waals surface area (Å²) in [6.45, 7) is 5.34. The van der Waals surface area contributed by atoms with Crippen LogP contribution < -0.4 is 10.0 Å². The molecule has 126 valence electrons. The van der Waals surface area contributed by atoms with Crippen LogP contribution in [-0.2, 0) is 10.0 Å². The molecule has 0 saturated heterocycles. The van der Waals surface area contributed by atoms with Gasteiger partial charge in [0.2, 0.25) is 0 Å². The van der Waals surface area contributed by atoms with Gasteiger partial charge in [-0.2, -0.15) is 0 Å². The van der Waals surface area contributed by atoms with Crippen LogP contribution in [0.5, 0.6) is 0 Å². The number of nitrogens with one attached hydrogen (secondary N) is 2. The number of rotatable bonds is 6. The van der Waals surface area contributed by atoms with Crippen molar-refractivity contribution < 1.29 is 17.6 Å². The number of amides is 1. The Labute approximate surface area is 140 Å². The van der Waals surface area contributed by atoms with Gasteiger partial charge in [-0.1, -0.05) is 6.08 Å². The van der Waals surface area contributed by atoms with Crippen molar-refractivity contribution >= 4 is 21.6 Å². The lowest BCUT2D eigenvalue weighted by Crippen LogP contribution is -2.23. The third kappa shape index (κ3) is 4.20. The van der Waals surface area contributed by atoms with E-state index >= 15 is 0 Å². The average molecular weight is 348 g/mol. The number of hydrogen-bond acceptors (Lipinski definition) is 3. The van der Waals surface area contributed by atoms with Crippen LogP contribution in [0.25, 0.3) is 0 Å². The maximum Gasteiger partial charge on any atom is 0.261 e. The van der Waals surface area contributed by atoms with Crippen LogP contribution in [0.1, 0.15) is 15.9 Å². The van der Waals surface area contributed by atoms with Crippen LogP contribution in [0.3, 0.4) is 0 Å². The molecule has 0 heterocycles. The second kappa shape index (κ2) is 7.27. The van der Waals surface area contributed by atoms with Gasteiger partial charge in [0, 0.05) is 17.8 Å². The molecule has 5 nitrogen and oxygen atoms in total. The number of anilines is 1. The molecule has 0 aliphatic carbocycles. The topological polar surface area (TPSA) is 75.3 Å². The van der Waals surface area contributed by atoms with Crippen molar-refractivity contribution in [2.75, 3.05) is 11.3 Å². The molecule has 1 amide bonds. The van der Waals surface area contributed by atoms with E-state index in [1.807, 2.05) is 0 Å². The fourth-order valence-electron chi connectivity index (χ4n) is 1.95. The summed E-state index contributed by atoms with van der Waals surface area (Å²) in [6.07, 6.45) is 1.56. The summed E-state index contributed by atoms with van der Waals surface area (Å²) >= 11 is 0. The predicted octanol–water partition coefficient (Wildman–Crippen LogP) is 2.85. The molecule has 0 aliphatic rings. The predicted molar refractivity (Wildman–Crippen MR) is 90.9 cm³/mol. The van der Waals surface area contributed by atoms with Crippen molar-refractivity contribution in [3.8, 4) is 0 Å². The van der Waals surface area contributed by atoms with Crippen LogP contribution in [0.15, 0.2) is 60.0 Å². The minimum absolute atomic E-state index is 0.0331. The second-order valence-electron chi connectivity index (χ2n) is 5.09. The second-order valence-corrected chi connectivity index (χ2v) is 6.77. The Morgan fingerprint density at radius 1 is 1.21 bits per heavy atom. The third-order valence-corrected chi connectivity index (χ3v) is 4.62. The van der Waals surface area contributed by atoms with E-state index in [1.54, 1.807) is 6.08 Å². The lowest BCUT2D eigenvalue weighted by atomic mass is 10.2. The standard InChI is InChI=1S/C17H17FN2O3S/c1-3-10-19-17(21)13-4-6-14(7-5-13)20-24(22,23)15-8-9-16(18)12(2)11-15/h3-9,11,20H,1,10H2,2H3,(H,19,21). The zero-order chi connectivity index (χ0) is 17.7. The van der Waals surface area contributed by atoms with Gasteiger partial charge >= 0.3 is 0 Å². The molecule has 0 radical (unpaired) electrons. The van der Waals surface area contributed by atoms with Crippen molar-refractivity contribution in [2.45, 2.75) is 11.8 Å². The Balaban J connectivity index is 2.16. The van der Waals surface area contributed by atoms with Gasteiger partial charge < -0.3 is 5.32 Å². The van der Waals surface area contributed by atoms with Gasteiger partial charge in [0.05, 0.1) is 4.90 Å². The Bertz CT molecular complexity index is 862. The lowest BCUT2D eigenvalue weighted by molar-refractivity contribution is 0.0958. The van der Waals surface area contributed by atoms with E-state index < -0.39 is 15.8 Å². The van der Waals surface area contributed by atoms with E-state index in [4.69, 9.17) is 0 Å². The number of carbonyl (C=O) groups excluding carboxylic acids is 1. The molecule has 0 aliphatic heterocycles. The summed E-state index contributed by atoms with van der Waals surface area (Å²) < 4.78 is 40.3. The van der Waals surface area contributed by atoms with Gasteiger partial charge in [-0.05, 0) is 55.0 Å². The van der Waals surface area contributed by atoms with E-state index in [-0.39, 0.29) is 16.4 Å². The van der Waals surface area contributed by atoms with E-state index in [0.29, 0.717) is 17.8 Å². The fraction of sp³-hybridized carbons (Fsp3) is 0.118. The minimum Gasteiger partial charge on any atom is -0.349 e. The quantitative estimate of drug-likeness (QED) is 0.788. The lowest BCUT2D eigenvalue weighted by Gasteiger charge is -2.10. The minimum atomic E-state index is -3.83. The van der Waals surface area contributed by atoms with Crippen LogP contribution in [0, 0.1) is 12.7 Å². The molecule has 0 spiro atoms. The highest BCUT2D eigenvalue weighted by Gasteiger charge is 2.15. The van der Waals surface area contributed by atoms with Gasteiger partial charge in [-0.25, -0.2) is 12.8 Å². The number of benzene rings is 2. The van der Waals surface area contributed by atoms with Crippen molar-refractivity contribution in [1.29, 1.82) is 0 Å². The highest BCUT2D eigenvalue weighted by Crippen LogP contribution is 2.19. The van der Waals surface area contributed by atoms with Crippen molar-refractivity contribution in [2.24, 2.45) is 0 Å². The molecule has 0 fully saturated rings. The van der Waals surface area contributed by atoms with Gasteiger partial charge in [-0.3, -0.25) is 9.52 Å². The van der Waals surface area contributed by atoms with Crippen molar-refractivity contribution in [3.63, 3.8) is 0 Å². The number of aryl methyl sites for hydroxylation is 1. The molecular weight excluding hydrogens is 331 g/mol. The normalized spacial score (nSPS) is 10.9. The van der Waals surface area contributed by atoms with Gasteiger partial charge in [0.1, 0.15) is 5.82 Å². The summed E-state index contributed by atoms with van der Waals surface area (Å²) in [5.74, 6) is -0.748. The average Bonchev–Trinajstić information content (AvgIpc) is 2.55. The zero-order valence-corrected chi connectivity index (χ0v) is 13.9. The molecular formula is C17H17FN2O3S. The fourth-order valence-corrected chi connectivity index (χ4v) is 3.10. The van der Waals surface area contributed by atoms with Gasteiger partial charge in [0.15, 0.2) is 0 Å². The number of sulfonamides is 1. The van der Waals surface area contributed by atoms with Crippen LogP contribution in [-0.4, -0.2) is 20.9 Å². The van der Waals surface area contributed by atoms with Crippen LogP contribution in [0.4, 0.5) is 10.1 Å². The van der Waals surface area contributed by atoms with Gasteiger partial charge in [0.25, 0.3) is 15.9 Å². The van der Waals surface area contributed by atoms with Crippen LogP contribution >= 0.6 is 0 Å². The first-order chi connectivity index (χ1) is 11.3. The highest BCUT2D eigenvalue weighted by molar-refractivity contribution is 7.92. The molecule has 2 aromatic carbocycles. The molecule has 0 aromatic heterocycles. The van der Waals surface area contributed by atoms with Gasteiger partial charge in [-0.15, -0.1) is 6.58 Å². The molecule has 2 rings (SSSR count). The first kappa shape index (κ1) is 17.7. The molecule has 0 unspecified atom stereocenters. The number of halogens is 1. The molecule has 24 heavy (non-hydrogen) atoms. The number of carbonyl (C=O) groups is 1. The molecule has 0 atom stereocenters. The third-order valence-electron chi connectivity index (χ3n) is 3.25. The Morgan fingerprint density at radius 2 is 1.88 bits per heavy atom. The first-order valence-corrected chi connectivity index (χ1v) is 8.60. The summed E-state index contributed by atoms with van der Waals surface area (Å²) in [5, 5.41) is 2.62. The largest absolute Gasteiger partial charge is 0.349 e.